The summed E-state index contributed by atoms with van der Waals surface area (Å²) in [5.41, 5.74) is -0.0942. The first-order valence-electron chi connectivity index (χ1n) is 6.46. The predicted molar refractivity (Wildman–Crippen MR) is 78.4 cm³/mol. The van der Waals surface area contributed by atoms with Crippen molar-refractivity contribution in [1.82, 2.24) is 10.3 Å². The largest absolute Gasteiger partial charge is 0.383 e. The molecule has 0 bridgehead atoms. The minimum absolute atomic E-state index is 0.0244. The lowest BCUT2D eigenvalue weighted by atomic mass is 10.3. The van der Waals surface area contributed by atoms with E-state index in [1.165, 1.54) is 12.1 Å². The third kappa shape index (κ3) is 6.04. The van der Waals surface area contributed by atoms with Crippen molar-refractivity contribution in [3.63, 3.8) is 0 Å². The van der Waals surface area contributed by atoms with Crippen LogP contribution in [0.25, 0.3) is 0 Å². The number of hydrogen-bond acceptors (Lipinski definition) is 7. The number of nitro groups is 1. The first-order chi connectivity index (χ1) is 10.1. The summed E-state index contributed by atoms with van der Waals surface area (Å²) in [6.45, 7) is 3.25. The van der Waals surface area contributed by atoms with Crippen molar-refractivity contribution < 1.29 is 14.5 Å². The Morgan fingerprint density at radius 1 is 1.38 bits per heavy atom. The number of nitrogens with zero attached hydrogens (tertiary/aromatic N) is 2. The molecule has 0 radical (unpaired) electrons. The number of ether oxygens (including phenoxy) is 1. The molecule has 0 aliphatic rings. The lowest BCUT2D eigenvalue weighted by Crippen LogP contribution is -2.32. The molecule has 0 aliphatic carbocycles. The lowest BCUT2D eigenvalue weighted by molar-refractivity contribution is -0.384. The summed E-state index contributed by atoms with van der Waals surface area (Å²) in [4.78, 5) is 26.0. The third-order valence-corrected chi connectivity index (χ3v) is 2.44. The summed E-state index contributed by atoms with van der Waals surface area (Å²) in [5, 5.41) is 19.1. The Kier molecular flexibility index (Phi) is 6.88. The maximum Gasteiger partial charge on any atom is 0.276 e. The molecule has 0 aliphatic heterocycles. The van der Waals surface area contributed by atoms with Crippen LogP contribution in [0.5, 0.6) is 0 Å². The van der Waals surface area contributed by atoms with Crippen LogP contribution in [0.4, 0.5) is 17.3 Å². The van der Waals surface area contributed by atoms with E-state index in [1.807, 2.05) is 6.92 Å². The van der Waals surface area contributed by atoms with Crippen LogP contribution < -0.4 is 16.0 Å². The zero-order chi connectivity index (χ0) is 15.7. The molecule has 0 aromatic carbocycles. The maximum atomic E-state index is 11.5. The van der Waals surface area contributed by atoms with E-state index in [2.05, 4.69) is 20.9 Å². The fourth-order valence-electron chi connectivity index (χ4n) is 1.51. The number of aromatic nitrogens is 1. The number of methoxy groups -OCH3 is 1. The van der Waals surface area contributed by atoms with Crippen LogP contribution in [-0.2, 0) is 9.53 Å². The van der Waals surface area contributed by atoms with Gasteiger partial charge in [-0.05, 0) is 6.92 Å². The van der Waals surface area contributed by atoms with E-state index in [9.17, 15) is 14.9 Å². The average molecular weight is 297 g/mol. The normalized spacial score (nSPS) is 10.0. The molecule has 0 atom stereocenters. The highest BCUT2D eigenvalue weighted by atomic mass is 16.6. The van der Waals surface area contributed by atoms with Crippen LogP contribution in [0.1, 0.15) is 6.92 Å². The zero-order valence-corrected chi connectivity index (χ0v) is 12.0. The van der Waals surface area contributed by atoms with Gasteiger partial charge in [-0.1, -0.05) is 0 Å². The highest BCUT2D eigenvalue weighted by Crippen LogP contribution is 2.20. The number of nitrogens with one attached hydrogen (secondary N) is 3. The van der Waals surface area contributed by atoms with Gasteiger partial charge in [0.25, 0.3) is 5.69 Å². The quantitative estimate of drug-likeness (QED) is 0.347. The first kappa shape index (κ1) is 16.6. The Morgan fingerprint density at radius 2 is 2.05 bits per heavy atom. The summed E-state index contributed by atoms with van der Waals surface area (Å²) in [6, 6.07) is 2.62. The number of hydrogen-bond donors (Lipinski definition) is 3. The number of anilines is 2. The van der Waals surface area contributed by atoms with Crippen molar-refractivity contribution in [2.45, 2.75) is 6.92 Å². The smallest absolute Gasteiger partial charge is 0.276 e. The second kappa shape index (κ2) is 8.69. The highest BCUT2D eigenvalue weighted by Gasteiger charge is 2.11. The van der Waals surface area contributed by atoms with E-state index in [1.54, 1.807) is 7.11 Å². The standard InChI is InChI=1S/C12H19N5O4/c1-3-13-10-6-9(17(19)20)7-11(16-10)15-8-12(18)14-4-5-21-2/h6-7H,3-5,8H2,1-2H3,(H,14,18)(H2,13,15,16). The minimum Gasteiger partial charge on any atom is -0.383 e. The average Bonchev–Trinajstić information content (AvgIpc) is 2.45. The number of rotatable bonds is 9. The minimum atomic E-state index is -0.508. The molecule has 116 valence electrons. The van der Waals surface area contributed by atoms with Crippen LogP contribution in [0.2, 0.25) is 0 Å². The Labute approximate surface area is 122 Å². The van der Waals surface area contributed by atoms with Gasteiger partial charge in [0, 0.05) is 20.2 Å². The second-order valence-corrected chi connectivity index (χ2v) is 4.08. The molecule has 1 amide bonds. The Balaban J connectivity index is 2.64. The van der Waals surface area contributed by atoms with Crippen LogP contribution in [0, 0.1) is 10.1 Å². The van der Waals surface area contributed by atoms with Crippen LogP contribution in [0.15, 0.2) is 12.1 Å². The van der Waals surface area contributed by atoms with Gasteiger partial charge in [0.2, 0.25) is 5.91 Å². The van der Waals surface area contributed by atoms with Gasteiger partial charge < -0.3 is 20.7 Å². The number of pyridine rings is 1. The van der Waals surface area contributed by atoms with E-state index < -0.39 is 4.92 Å². The molecule has 1 heterocycles. The van der Waals surface area contributed by atoms with Crippen molar-refractivity contribution >= 4 is 23.2 Å². The van der Waals surface area contributed by atoms with Gasteiger partial charge in [-0.2, -0.15) is 0 Å². The van der Waals surface area contributed by atoms with Gasteiger partial charge in [0.05, 0.1) is 30.2 Å². The molecule has 0 saturated heterocycles. The van der Waals surface area contributed by atoms with E-state index in [0.717, 1.165) is 0 Å². The molecule has 1 aromatic heterocycles. The van der Waals surface area contributed by atoms with E-state index in [4.69, 9.17) is 4.74 Å². The van der Waals surface area contributed by atoms with E-state index in [0.29, 0.717) is 25.5 Å². The number of amides is 1. The summed E-state index contributed by atoms with van der Waals surface area (Å²) in [5.74, 6) is 0.404. The lowest BCUT2D eigenvalue weighted by Gasteiger charge is -2.09. The third-order valence-electron chi connectivity index (χ3n) is 2.44. The van der Waals surface area contributed by atoms with Crippen molar-refractivity contribution in [3.05, 3.63) is 22.2 Å². The van der Waals surface area contributed by atoms with Crippen molar-refractivity contribution in [2.24, 2.45) is 0 Å². The molecular weight excluding hydrogens is 278 g/mol. The molecule has 0 unspecified atom stereocenters. The van der Waals surface area contributed by atoms with Crippen LogP contribution in [0.3, 0.4) is 0 Å². The van der Waals surface area contributed by atoms with E-state index >= 15 is 0 Å². The fourth-order valence-corrected chi connectivity index (χ4v) is 1.51. The molecule has 0 fully saturated rings. The van der Waals surface area contributed by atoms with Crippen LogP contribution >= 0.6 is 0 Å². The van der Waals surface area contributed by atoms with Gasteiger partial charge in [-0.3, -0.25) is 14.9 Å². The van der Waals surface area contributed by atoms with E-state index in [-0.39, 0.29) is 24.0 Å². The van der Waals surface area contributed by atoms with Gasteiger partial charge in [-0.25, -0.2) is 4.98 Å². The van der Waals surface area contributed by atoms with Gasteiger partial charge in [0.1, 0.15) is 11.6 Å². The summed E-state index contributed by atoms with van der Waals surface area (Å²) >= 11 is 0. The SMILES string of the molecule is CCNc1cc([N+](=O)[O-])cc(NCC(=O)NCCOC)n1. The number of carbonyl (C=O) groups excluding carboxylic acids is 1. The molecule has 9 heteroatoms. The maximum absolute atomic E-state index is 11.5. The topological polar surface area (TPSA) is 118 Å². The van der Waals surface area contributed by atoms with Crippen molar-refractivity contribution in [2.75, 3.05) is 44.0 Å². The van der Waals surface area contributed by atoms with Crippen LogP contribution in [-0.4, -0.2) is 49.2 Å². The number of carbonyl (C=O) groups is 1. The van der Waals surface area contributed by atoms with Gasteiger partial charge in [-0.15, -0.1) is 0 Å². The molecule has 21 heavy (non-hydrogen) atoms. The summed E-state index contributed by atoms with van der Waals surface area (Å²) in [7, 11) is 1.54. The Hall–Kier alpha value is -2.42. The Morgan fingerprint density at radius 3 is 2.62 bits per heavy atom. The molecule has 1 rings (SSSR count). The predicted octanol–water partition coefficient (Wildman–Crippen LogP) is 0.596. The van der Waals surface area contributed by atoms with Gasteiger partial charge in [0.15, 0.2) is 0 Å². The Bertz CT molecular complexity index is 495. The monoisotopic (exact) mass is 297 g/mol. The zero-order valence-electron chi connectivity index (χ0n) is 12.0. The molecule has 9 nitrogen and oxygen atoms in total. The molecular formula is C12H19N5O4. The summed E-state index contributed by atoms with van der Waals surface area (Å²) < 4.78 is 4.81. The fraction of sp³-hybridized carbons (Fsp3) is 0.500. The summed E-state index contributed by atoms with van der Waals surface area (Å²) in [6.07, 6.45) is 0. The highest BCUT2D eigenvalue weighted by molar-refractivity contribution is 5.80. The first-order valence-corrected chi connectivity index (χ1v) is 6.46. The van der Waals surface area contributed by atoms with Crippen molar-refractivity contribution in [1.29, 1.82) is 0 Å². The van der Waals surface area contributed by atoms with Crippen molar-refractivity contribution in [3.8, 4) is 0 Å². The molecule has 0 saturated carbocycles. The molecule has 1 aromatic rings. The second-order valence-electron chi connectivity index (χ2n) is 4.08. The van der Waals surface area contributed by atoms with Gasteiger partial charge >= 0.3 is 0 Å². The molecule has 3 N–H and O–H groups in total. The molecule has 0 spiro atoms.